The number of hydrogen-bond donors (Lipinski definition) is 2. The maximum absolute atomic E-state index is 12.1. The molecule has 2 rings (SSSR count). The molecule has 8 heteroatoms. The van der Waals surface area contributed by atoms with Gasteiger partial charge < -0.3 is 14.8 Å². The van der Waals surface area contributed by atoms with E-state index in [0.29, 0.717) is 10.8 Å². The van der Waals surface area contributed by atoms with Crippen molar-refractivity contribution in [3.63, 3.8) is 0 Å². The normalized spacial score (nSPS) is 11.2. The summed E-state index contributed by atoms with van der Waals surface area (Å²) in [4.78, 5) is 0. The average Bonchev–Trinajstić information content (AvgIpc) is 2.60. The van der Waals surface area contributed by atoms with Crippen LogP contribution in [0.4, 0.5) is 14.5 Å². The number of methoxy groups -OCH3 is 1. The summed E-state index contributed by atoms with van der Waals surface area (Å²) in [5.74, 6) is 0.841. The van der Waals surface area contributed by atoms with E-state index in [1.165, 1.54) is 12.1 Å². The lowest BCUT2D eigenvalue weighted by molar-refractivity contribution is -0.0498. The monoisotopic (exact) mass is 365 g/mol. The number of halogens is 2. The Bertz CT molecular complexity index is 735. The molecule has 5 nitrogen and oxygen atoms in total. The van der Waals surface area contributed by atoms with E-state index in [1.54, 1.807) is 26.2 Å². The van der Waals surface area contributed by atoms with Crippen molar-refractivity contribution in [1.82, 2.24) is 5.43 Å². The molecule has 2 aromatic rings. The van der Waals surface area contributed by atoms with Gasteiger partial charge in [-0.1, -0.05) is 0 Å². The van der Waals surface area contributed by atoms with Crippen molar-refractivity contribution >= 4 is 28.7 Å². The van der Waals surface area contributed by atoms with E-state index in [4.69, 9.17) is 17.0 Å². The zero-order valence-corrected chi connectivity index (χ0v) is 14.4. The number of hydrogen-bond acceptors (Lipinski definition) is 4. The SMILES string of the molecule is COc1ccc(NC(=S)N/N=C(/C)c2ccc(OC(F)F)cc2)cc1. The van der Waals surface area contributed by atoms with Gasteiger partial charge in [-0.15, -0.1) is 0 Å². The Hall–Kier alpha value is -2.74. The van der Waals surface area contributed by atoms with Crippen LogP contribution in [0.1, 0.15) is 12.5 Å². The Morgan fingerprint density at radius 3 is 2.20 bits per heavy atom. The van der Waals surface area contributed by atoms with Crippen molar-refractivity contribution < 1.29 is 18.3 Å². The zero-order chi connectivity index (χ0) is 18.2. The molecular weight excluding hydrogens is 348 g/mol. The smallest absolute Gasteiger partial charge is 0.387 e. The van der Waals surface area contributed by atoms with Crippen LogP contribution in [0.25, 0.3) is 0 Å². The van der Waals surface area contributed by atoms with E-state index >= 15 is 0 Å². The Kier molecular flexibility index (Phi) is 6.64. The maximum atomic E-state index is 12.1. The number of alkyl halides is 2. The Morgan fingerprint density at radius 1 is 1.04 bits per heavy atom. The van der Waals surface area contributed by atoms with E-state index in [0.717, 1.165) is 17.0 Å². The molecule has 2 N–H and O–H groups in total. The standard InChI is InChI=1S/C17H17F2N3O2S/c1-11(12-3-7-15(8-4-12)24-16(18)19)21-22-17(25)20-13-5-9-14(23-2)10-6-13/h3-10,16H,1-2H3,(H2,20,22,25)/b21-11-. The molecule has 0 bridgehead atoms. The summed E-state index contributed by atoms with van der Waals surface area (Å²) in [5, 5.41) is 7.47. The van der Waals surface area contributed by atoms with E-state index in [-0.39, 0.29) is 5.75 Å². The van der Waals surface area contributed by atoms with Gasteiger partial charge in [-0.05, 0) is 73.2 Å². The number of ether oxygens (including phenoxy) is 2. The number of thiocarbonyl (C=S) groups is 1. The van der Waals surface area contributed by atoms with E-state index in [2.05, 4.69) is 20.6 Å². The second-order valence-electron chi connectivity index (χ2n) is 4.89. The highest BCUT2D eigenvalue weighted by Crippen LogP contribution is 2.16. The van der Waals surface area contributed by atoms with Crippen LogP contribution in [0, 0.1) is 0 Å². The quantitative estimate of drug-likeness (QED) is 0.460. The molecule has 0 amide bonds. The van der Waals surface area contributed by atoms with E-state index in [9.17, 15) is 8.78 Å². The minimum absolute atomic E-state index is 0.0937. The van der Waals surface area contributed by atoms with Gasteiger partial charge in [-0.2, -0.15) is 13.9 Å². The molecule has 0 saturated carbocycles. The second-order valence-corrected chi connectivity index (χ2v) is 5.30. The van der Waals surface area contributed by atoms with Gasteiger partial charge in [0, 0.05) is 5.69 Å². The summed E-state index contributed by atoms with van der Waals surface area (Å²) < 4.78 is 33.6. The van der Waals surface area contributed by atoms with Gasteiger partial charge in [-0.25, -0.2) is 0 Å². The van der Waals surface area contributed by atoms with Crippen LogP contribution in [0.5, 0.6) is 11.5 Å². The Balaban J connectivity index is 1.91. The molecule has 0 saturated heterocycles. The lowest BCUT2D eigenvalue weighted by Gasteiger charge is -2.09. The van der Waals surface area contributed by atoms with Gasteiger partial charge in [0.25, 0.3) is 0 Å². The van der Waals surface area contributed by atoms with Crippen molar-refractivity contribution in [1.29, 1.82) is 0 Å². The van der Waals surface area contributed by atoms with Crippen molar-refractivity contribution in [3.8, 4) is 11.5 Å². The molecule has 0 aliphatic carbocycles. The molecule has 0 atom stereocenters. The molecule has 0 fully saturated rings. The molecule has 0 spiro atoms. The van der Waals surface area contributed by atoms with Gasteiger partial charge in [0.15, 0.2) is 5.11 Å². The Morgan fingerprint density at radius 2 is 1.64 bits per heavy atom. The van der Waals surface area contributed by atoms with Gasteiger partial charge in [0.05, 0.1) is 12.8 Å². The van der Waals surface area contributed by atoms with Crippen LogP contribution >= 0.6 is 12.2 Å². The number of rotatable bonds is 6. The van der Waals surface area contributed by atoms with Gasteiger partial charge in [-0.3, -0.25) is 5.43 Å². The summed E-state index contributed by atoms with van der Waals surface area (Å²) in [7, 11) is 1.60. The highest BCUT2D eigenvalue weighted by Gasteiger charge is 2.05. The minimum atomic E-state index is -2.84. The lowest BCUT2D eigenvalue weighted by Crippen LogP contribution is -2.24. The number of nitrogens with one attached hydrogen (secondary N) is 2. The van der Waals surface area contributed by atoms with E-state index < -0.39 is 6.61 Å². The maximum Gasteiger partial charge on any atom is 0.387 e. The van der Waals surface area contributed by atoms with Crippen molar-refractivity contribution in [2.75, 3.05) is 12.4 Å². The summed E-state index contributed by atoms with van der Waals surface area (Å²) in [6.07, 6.45) is 0. The predicted molar refractivity (Wildman–Crippen MR) is 97.6 cm³/mol. The summed E-state index contributed by atoms with van der Waals surface area (Å²) >= 11 is 5.17. The van der Waals surface area contributed by atoms with E-state index in [1.807, 2.05) is 24.3 Å². The number of benzene rings is 2. The minimum Gasteiger partial charge on any atom is -0.497 e. The molecular formula is C17H17F2N3O2S. The van der Waals surface area contributed by atoms with Crippen LogP contribution in [-0.4, -0.2) is 24.5 Å². The van der Waals surface area contributed by atoms with Crippen molar-refractivity contribution in [2.24, 2.45) is 5.10 Å². The molecule has 132 valence electrons. The third-order valence-corrected chi connectivity index (χ3v) is 3.36. The topological polar surface area (TPSA) is 54.9 Å². The fourth-order valence-corrected chi connectivity index (χ4v) is 2.07. The highest BCUT2D eigenvalue weighted by atomic mass is 32.1. The third-order valence-electron chi connectivity index (χ3n) is 3.17. The molecule has 0 aromatic heterocycles. The van der Waals surface area contributed by atoms with Crippen molar-refractivity contribution in [3.05, 3.63) is 54.1 Å². The van der Waals surface area contributed by atoms with Crippen LogP contribution in [0.3, 0.4) is 0 Å². The largest absolute Gasteiger partial charge is 0.497 e. The number of hydrazone groups is 1. The van der Waals surface area contributed by atoms with Crippen LogP contribution < -0.4 is 20.2 Å². The lowest BCUT2D eigenvalue weighted by atomic mass is 10.1. The predicted octanol–water partition coefficient (Wildman–Crippen LogP) is 4.01. The summed E-state index contributed by atoms with van der Waals surface area (Å²) in [6.45, 7) is -1.07. The molecule has 0 aliphatic rings. The zero-order valence-electron chi connectivity index (χ0n) is 13.6. The first kappa shape index (κ1) is 18.6. The third kappa shape index (κ3) is 6.00. The van der Waals surface area contributed by atoms with Crippen LogP contribution in [-0.2, 0) is 0 Å². The molecule has 2 aromatic carbocycles. The number of nitrogens with zero attached hydrogens (tertiary/aromatic N) is 1. The molecule has 0 heterocycles. The fourth-order valence-electron chi connectivity index (χ4n) is 1.91. The second kappa shape index (κ2) is 8.93. The Labute approximate surface area is 149 Å². The number of anilines is 1. The molecule has 0 aliphatic heterocycles. The highest BCUT2D eigenvalue weighted by molar-refractivity contribution is 7.80. The van der Waals surface area contributed by atoms with Crippen LogP contribution in [0.15, 0.2) is 53.6 Å². The first-order valence-electron chi connectivity index (χ1n) is 7.28. The molecule has 25 heavy (non-hydrogen) atoms. The molecule has 0 radical (unpaired) electrons. The van der Waals surface area contributed by atoms with Gasteiger partial charge in [0.2, 0.25) is 0 Å². The summed E-state index contributed by atoms with van der Waals surface area (Å²) in [5.41, 5.74) is 4.91. The average molecular weight is 365 g/mol. The van der Waals surface area contributed by atoms with Gasteiger partial charge in [0.1, 0.15) is 11.5 Å². The van der Waals surface area contributed by atoms with Crippen molar-refractivity contribution in [2.45, 2.75) is 13.5 Å². The summed E-state index contributed by atoms with van der Waals surface area (Å²) in [6, 6.07) is 13.4. The first-order chi connectivity index (χ1) is 12.0. The van der Waals surface area contributed by atoms with Crippen LogP contribution in [0.2, 0.25) is 0 Å². The molecule has 0 unspecified atom stereocenters. The first-order valence-corrected chi connectivity index (χ1v) is 7.69. The van der Waals surface area contributed by atoms with Gasteiger partial charge >= 0.3 is 6.61 Å². The fraction of sp³-hybridized carbons (Fsp3) is 0.176.